The van der Waals surface area contributed by atoms with Gasteiger partial charge in [-0.1, -0.05) is 68.4 Å². The summed E-state index contributed by atoms with van der Waals surface area (Å²) in [4.78, 5) is 12.4. The lowest BCUT2D eigenvalue weighted by molar-refractivity contribution is 0.384. The van der Waals surface area contributed by atoms with E-state index in [1.165, 1.54) is 0 Å². The number of rotatable bonds is 5. The maximum Gasteiger partial charge on any atom is 0.243 e. The second-order valence-electron chi connectivity index (χ2n) is 8.87. The molecule has 0 radical (unpaired) electrons. The van der Waals surface area contributed by atoms with Crippen LogP contribution in [0.5, 0.6) is 0 Å². The summed E-state index contributed by atoms with van der Waals surface area (Å²) < 4.78 is 28.1. The van der Waals surface area contributed by atoms with E-state index < -0.39 is 10.0 Å². The first kappa shape index (κ1) is 22.5. The Morgan fingerprint density at radius 2 is 1.32 bits per heavy atom. The average molecular weight is 473 g/mol. The number of sulfonamides is 1. The highest BCUT2D eigenvalue weighted by Gasteiger charge is 2.30. The van der Waals surface area contributed by atoms with Crippen molar-refractivity contribution in [3.63, 3.8) is 0 Å². The van der Waals surface area contributed by atoms with Crippen molar-refractivity contribution < 1.29 is 8.42 Å². The zero-order chi connectivity index (χ0) is 23.7. The molecule has 1 fully saturated rings. The third kappa shape index (κ3) is 4.29. The Morgan fingerprint density at radius 3 is 1.94 bits per heavy atom. The fraction of sp³-hybridized carbons (Fsp3) is 0.259. The molecule has 0 aliphatic carbocycles. The summed E-state index contributed by atoms with van der Waals surface area (Å²) in [7, 11) is -3.54. The maximum atomic E-state index is 13.3. The van der Waals surface area contributed by atoms with Crippen molar-refractivity contribution in [3.05, 3.63) is 84.4 Å². The summed E-state index contributed by atoms with van der Waals surface area (Å²) in [5, 5.41) is 0. The van der Waals surface area contributed by atoms with E-state index in [0.717, 1.165) is 33.7 Å². The van der Waals surface area contributed by atoms with Crippen LogP contribution in [0.1, 0.15) is 25.3 Å². The van der Waals surface area contributed by atoms with E-state index >= 15 is 0 Å². The van der Waals surface area contributed by atoms with E-state index in [9.17, 15) is 8.42 Å². The predicted octanol–water partition coefficient (Wildman–Crippen LogP) is 4.93. The zero-order valence-electron chi connectivity index (χ0n) is 19.4. The van der Waals surface area contributed by atoms with E-state index in [-0.39, 0.29) is 0 Å². The molecule has 1 saturated heterocycles. The molecule has 7 heteroatoms. The highest BCUT2D eigenvalue weighted by Crippen LogP contribution is 2.31. The van der Waals surface area contributed by atoms with Crippen molar-refractivity contribution in [1.82, 2.24) is 14.3 Å². The van der Waals surface area contributed by atoms with Crippen LogP contribution in [0.25, 0.3) is 22.3 Å². The van der Waals surface area contributed by atoms with Crippen LogP contribution >= 0.6 is 0 Å². The Kier molecular flexibility index (Phi) is 6.06. The first-order valence-corrected chi connectivity index (χ1v) is 13.0. The van der Waals surface area contributed by atoms with Gasteiger partial charge in [0.05, 0.1) is 15.9 Å². The molecule has 174 valence electrons. The molecule has 0 saturated carbocycles. The summed E-state index contributed by atoms with van der Waals surface area (Å²) in [6.07, 6.45) is 0. The SMILES string of the molecule is CC(C)c1ccc(S(=O)(=O)N2CCN(c3nc4ccccc4nc3-c3ccccc3)CC2)cc1. The van der Waals surface area contributed by atoms with Crippen LogP contribution in [0.4, 0.5) is 5.82 Å². The monoisotopic (exact) mass is 472 g/mol. The Hall–Kier alpha value is -3.29. The second-order valence-corrected chi connectivity index (χ2v) is 10.8. The number of benzene rings is 3. The molecule has 5 rings (SSSR count). The topological polar surface area (TPSA) is 66.4 Å². The number of nitrogens with zero attached hydrogens (tertiary/aromatic N) is 4. The smallest absolute Gasteiger partial charge is 0.243 e. The molecule has 2 heterocycles. The molecule has 1 aliphatic rings. The van der Waals surface area contributed by atoms with E-state index in [0.29, 0.717) is 37.0 Å². The van der Waals surface area contributed by atoms with Gasteiger partial charge in [-0.15, -0.1) is 0 Å². The lowest BCUT2D eigenvalue weighted by Gasteiger charge is -2.35. The molecule has 0 unspecified atom stereocenters. The second kappa shape index (κ2) is 9.16. The van der Waals surface area contributed by atoms with Gasteiger partial charge in [-0.2, -0.15) is 4.31 Å². The van der Waals surface area contributed by atoms with Crippen LogP contribution in [0.2, 0.25) is 0 Å². The van der Waals surface area contributed by atoms with Crippen LogP contribution in [0.15, 0.2) is 83.8 Å². The Bertz CT molecular complexity index is 1400. The fourth-order valence-electron chi connectivity index (χ4n) is 4.31. The van der Waals surface area contributed by atoms with Gasteiger partial charge in [0.15, 0.2) is 5.82 Å². The Labute approximate surface area is 200 Å². The highest BCUT2D eigenvalue weighted by molar-refractivity contribution is 7.89. The number of para-hydroxylation sites is 2. The van der Waals surface area contributed by atoms with Crippen molar-refractivity contribution in [2.24, 2.45) is 0 Å². The molecule has 34 heavy (non-hydrogen) atoms. The van der Waals surface area contributed by atoms with Gasteiger partial charge >= 0.3 is 0 Å². The van der Waals surface area contributed by atoms with E-state index in [1.54, 1.807) is 16.4 Å². The first-order valence-electron chi connectivity index (χ1n) is 11.6. The van der Waals surface area contributed by atoms with Gasteiger partial charge in [0.25, 0.3) is 0 Å². The molecule has 0 atom stereocenters. The lowest BCUT2D eigenvalue weighted by Crippen LogP contribution is -2.49. The molecule has 0 spiro atoms. The minimum absolute atomic E-state index is 0.348. The van der Waals surface area contributed by atoms with E-state index in [2.05, 4.69) is 18.7 Å². The number of hydrogen-bond acceptors (Lipinski definition) is 5. The van der Waals surface area contributed by atoms with Gasteiger partial charge < -0.3 is 4.90 Å². The number of aromatic nitrogens is 2. The van der Waals surface area contributed by atoms with Gasteiger partial charge in [-0.05, 0) is 35.7 Å². The minimum Gasteiger partial charge on any atom is -0.352 e. The summed E-state index contributed by atoms with van der Waals surface area (Å²) in [6.45, 7) is 6.10. The molecule has 3 aromatic carbocycles. The first-order chi connectivity index (χ1) is 16.4. The number of piperazine rings is 1. The molecule has 6 nitrogen and oxygen atoms in total. The predicted molar refractivity (Wildman–Crippen MR) is 136 cm³/mol. The quantitative estimate of drug-likeness (QED) is 0.412. The minimum atomic E-state index is -3.54. The third-order valence-electron chi connectivity index (χ3n) is 6.32. The number of anilines is 1. The van der Waals surface area contributed by atoms with E-state index in [4.69, 9.17) is 9.97 Å². The van der Waals surface area contributed by atoms with Gasteiger partial charge in [0, 0.05) is 31.7 Å². The Balaban J connectivity index is 1.42. The summed E-state index contributed by atoms with van der Waals surface area (Å²) in [5.74, 6) is 1.16. The molecule has 4 aromatic rings. The highest BCUT2D eigenvalue weighted by atomic mass is 32.2. The van der Waals surface area contributed by atoms with Crippen LogP contribution in [-0.2, 0) is 10.0 Å². The summed E-state index contributed by atoms with van der Waals surface area (Å²) in [6, 6.07) is 25.1. The van der Waals surface area contributed by atoms with Crippen molar-refractivity contribution in [3.8, 4) is 11.3 Å². The van der Waals surface area contributed by atoms with Crippen LogP contribution in [0, 0.1) is 0 Å². The molecule has 0 bridgehead atoms. The lowest BCUT2D eigenvalue weighted by atomic mass is 10.0. The molecule has 1 aromatic heterocycles. The third-order valence-corrected chi connectivity index (χ3v) is 8.23. The van der Waals surface area contributed by atoms with Gasteiger partial charge in [0.2, 0.25) is 10.0 Å². The molecular formula is C27H28N4O2S. The summed E-state index contributed by atoms with van der Waals surface area (Å²) >= 11 is 0. The van der Waals surface area contributed by atoms with Crippen LogP contribution in [-0.4, -0.2) is 48.9 Å². The van der Waals surface area contributed by atoms with Gasteiger partial charge in [-0.3, -0.25) is 0 Å². The molecule has 0 N–H and O–H groups in total. The van der Waals surface area contributed by atoms with Crippen molar-refractivity contribution in [2.45, 2.75) is 24.7 Å². The number of hydrogen-bond donors (Lipinski definition) is 0. The van der Waals surface area contributed by atoms with Crippen molar-refractivity contribution >= 4 is 26.9 Å². The van der Waals surface area contributed by atoms with Crippen LogP contribution < -0.4 is 4.90 Å². The van der Waals surface area contributed by atoms with Crippen LogP contribution in [0.3, 0.4) is 0 Å². The van der Waals surface area contributed by atoms with Gasteiger partial charge in [-0.25, -0.2) is 18.4 Å². The van der Waals surface area contributed by atoms with Crippen molar-refractivity contribution in [2.75, 3.05) is 31.1 Å². The Morgan fingerprint density at radius 1 is 0.735 bits per heavy atom. The van der Waals surface area contributed by atoms with E-state index in [1.807, 2.05) is 66.7 Å². The zero-order valence-corrected chi connectivity index (χ0v) is 20.2. The molecule has 1 aliphatic heterocycles. The average Bonchev–Trinajstić information content (AvgIpc) is 2.88. The fourth-order valence-corrected chi connectivity index (χ4v) is 5.74. The maximum absolute atomic E-state index is 13.3. The van der Waals surface area contributed by atoms with Gasteiger partial charge in [0.1, 0.15) is 5.69 Å². The standard InChI is InChI=1S/C27H28N4O2S/c1-20(2)21-12-14-23(15-13-21)34(32,33)31-18-16-30(17-19-31)27-26(22-8-4-3-5-9-22)28-24-10-6-7-11-25(24)29-27/h3-15,20H,16-19H2,1-2H3. The number of fused-ring (bicyclic) bond motifs is 1. The molecule has 0 amide bonds. The van der Waals surface area contributed by atoms with Crippen molar-refractivity contribution in [1.29, 1.82) is 0 Å². The largest absolute Gasteiger partial charge is 0.352 e. The molecular weight excluding hydrogens is 444 g/mol. The summed E-state index contributed by atoms with van der Waals surface area (Å²) in [5.41, 5.74) is 4.62. The normalized spacial score (nSPS) is 15.2.